The molecule has 1 aliphatic rings. The number of thioether (sulfide) groups is 1. The highest BCUT2D eigenvalue weighted by molar-refractivity contribution is 8.00. The fourth-order valence-corrected chi connectivity index (χ4v) is 3.49. The topological polar surface area (TPSA) is 46.9 Å². The number of imidazole rings is 1. The number of halogens is 1. The number of hydrogen-bond acceptors (Lipinski definition) is 3. The maximum atomic E-state index is 12.1. The number of hydrogen-bond donors (Lipinski definition) is 1. The molecule has 1 fully saturated rings. The number of amides is 1. The van der Waals surface area contributed by atoms with E-state index in [2.05, 4.69) is 21.8 Å². The van der Waals surface area contributed by atoms with Gasteiger partial charge in [0.1, 0.15) is 0 Å². The first-order valence-corrected chi connectivity index (χ1v) is 8.97. The number of nitrogens with zero attached hydrogens (tertiary/aromatic N) is 2. The van der Waals surface area contributed by atoms with Crippen LogP contribution >= 0.6 is 23.4 Å². The lowest BCUT2D eigenvalue weighted by Crippen LogP contribution is -2.32. The van der Waals surface area contributed by atoms with Crippen molar-refractivity contribution < 1.29 is 4.79 Å². The Labute approximate surface area is 139 Å². The Morgan fingerprint density at radius 2 is 2.32 bits per heavy atom. The maximum absolute atomic E-state index is 12.1. The highest BCUT2D eigenvalue weighted by Crippen LogP contribution is 2.29. The van der Waals surface area contributed by atoms with E-state index >= 15 is 0 Å². The number of aromatic nitrogens is 2. The molecular formula is C16H20ClN3OS. The van der Waals surface area contributed by atoms with E-state index in [0.717, 1.165) is 42.0 Å². The van der Waals surface area contributed by atoms with Crippen LogP contribution in [0.15, 0.2) is 23.4 Å². The van der Waals surface area contributed by atoms with E-state index < -0.39 is 0 Å². The molecule has 6 heteroatoms. The number of fused-ring (bicyclic) bond motifs is 1. The van der Waals surface area contributed by atoms with Crippen molar-refractivity contribution in [2.45, 2.75) is 56.1 Å². The summed E-state index contributed by atoms with van der Waals surface area (Å²) >= 11 is 7.57. The summed E-state index contributed by atoms with van der Waals surface area (Å²) in [6.45, 7) is 4.96. The van der Waals surface area contributed by atoms with Gasteiger partial charge in [0.2, 0.25) is 5.91 Å². The summed E-state index contributed by atoms with van der Waals surface area (Å²) in [7, 11) is 0. The zero-order valence-corrected chi connectivity index (χ0v) is 14.4. The van der Waals surface area contributed by atoms with Crippen molar-refractivity contribution in [1.29, 1.82) is 0 Å². The number of benzene rings is 1. The van der Waals surface area contributed by atoms with Crippen molar-refractivity contribution in [3.05, 3.63) is 23.2 Å². The number of rotatable bonds is 6. The SMILES string of the molecule is CCCn1c(SC(C)C(=O)NC2CC2)nc2cc(Cl)ccc21. The highest BCUT2D eigenvalue weighted by Gasteiger charge is 2.27. The molecule has 0 aliphatic heterocycles. The molecule has 1 aromatic heterocycles. The summed E-state index contributed by atoms with van der Waals surface area (Å²) < 4.78 is 2.18. The second kappa shape index (κ2) is 6.50. The Balaban J connectivity index is 1.84. The fourth-order valence-electron chi connectivity index (χ4n) is 2.37. The lowest BCUT2D eigenvalue weighted by atomic mass is 10.3. The third-order valence-corrected chi connectivity index (χ3v) is 5.02. The molecule has 4 nitrogen and oxygen atoms in total. The molecular weight excluding hydrogens is 318 g/mol. The molecule has 0 saturated heterocycles. The average molecular weight is 338 g/mol. The molecule has 1 aliphatic carbocycles. The molecule has 1 heterocycles. The normalized spacial score (nSPS) is 16.0. The van der Waals surface area contributed by atoms with E-state index in [9.17, 15) is 4.79 Å². The van der Waals surface area contributed by atoms with Crippen LogP contribution in [-0.2, 0) is 11.3 Å². The molecule has 3 rings (SSSR count). The number of carbonyl (C=O) groups is 1. The molecule has 1 N–H and O–H groups in total. The smallest absolute Gasteiger partial charge is 0.233 e. The van der Waals surface area contributed by atoms with E-state index in [1.807, 2.05) is 25.1 Å². The Morgan fingerprint density at radius 3 is 3.00 bits per heavy atom. The van der Waals surface area contributed by atoms with Crippen LogP contribution in [0.4, 0.5) is 0 Å². The second-order valence-corrected chi connectivity index (χ2v) is 7.47. The zero-order valence-electron chi connectivity index (χ0n) is 12.8. The van der Waals surface area contributed by atoms with Crippen molar-refractivity contribution in [2.24, 2.45) is 0 Å². The van der Waals surface area contributed by atoms with Crippen LogP contribution in [-0.4, -0.2) is 26.8 Å². The van der Waals surface area contributed by atoms with E-state index in [1.54, 1.807) is 0 Å². The van der Waals surface area contributed by atoms with Crippen molar-refractivity contribution >= 4 is 40.3 Å². The van der Waals surface area contributed by atoms with Crippen molar-refractivity contribution in [3.8, 4) is 0 Å². The molecule has 1 saturated carbocycles. The van der Waals surface area contributed by atoms with Crippen LogP contribution in [0.5, 0.6) is 0 Å². The first-order chi connectivity index (χ1) is 10.6. The molecule has 22 heavy (non-hydrogen) atoms. The monoisotopic (exact) mass is 337 g/mol. The van der Waals surface area contributed by atoms with Crippen LogP contribution in [0.3, 0.4) is 0 Å². The minimum absolute atomic E-state index is 0.0978. The lowest BCUT2D eigenvalue weighted by molar-refractivity contribution is -0.120. The second-order valence-electron chi connectivity index (χ2n) is 5.72. The Hall–Kier alpha value is -1.20. The van der Waals surface area contributed by atoms with Gasteiger partial charge in [0, 0.05) is 17.6 Å². The minimum Gasteiger partial charge on any atom is -0.352 e. The van der Waals surface area contributed by atoms with Crippen molar-refractivity contribution in [1.82, 2.24) is 14.9 Å². The quantitative estimate of drug-likeness (QED) is 0.814. The van der Waals surface area contributed by atoms with E-state index in [4.69, 9.17) is 11.6 Å². The fraction of sp³-hybridized carbons (Fsp3) is 0.500. The largest absolute Gasteiger partial charge is 0.352 e. The van der Waals surface area contributed by atoms with Gasteiger partial charge in [-0.3, -0.25) is 4.79 Å². The van der Waals surface area contributed by atoms with Gasteiger partial charge < -0.3 is 9.88 Å². The van der Waals surface area contributed by atoms with Crippen LogP contribution in [0.25, 0.3) is 11.0 Å². The Bertz CT molecular complexity index is 696. The summed E-state index contributed by atoms with van der Waals surface area (Å²) in [4.78, 5) is 16.8. The van der Waals surface area contributed by atoms with Gasteiger partial charge in [0.05, 0.1) is 16.3 Å². The van der Waals surface area contributed by atoms with Gasteiger partial charge in [-0.2, -0.15) is 0 Å². The molecule has 118 valence electrons. The first-order valence-electron chi connectivity index (χ1n) is 7.71. The summed E-state index contributed by atoms with van der Waals surface area (Å²) in [5.74, 6) is 0.0978. The summed E-state index contributed by atoms with van der Waals surface area (Å²) in [5, 5.41) is 4.47. The third-order valence-electron chi connectivity index (χ3n) is 3.70. The molecule has 0 spiro atoms. The van der Waals surface area contributed by atoms with Crippen LogP contribution in [0, 0.1) is 0 Å². The Morgan fingerprint density at radius 1 is 1.55 bits per heavy atom. The van der Waals surface area contributed by atoms with E-state index in [0.29, 0.717) is 11.1 Å². The summed E-state index contributed by atoms with van der Waals surface area (Å²) in [6.07, 6.45) is 3.23. The molecule has 1 atom stereocenters. The molecule has 1 aromatic carbocycles. The number of carbonyl (C=O) groups excluding carboxylic acids is 1. The standard InChI is InChI=1S/C16H20ClN3OS/c1-3-8-20-14-7-4-11(17)9-13(14)19-16(20)22-10(2)15(21)18-12-5-6-12/h4,7,9-10,12H,3,5-6,8H2,1-2H3,(H,18,21). The highest BCUT2D eigenvalue weighted by atomic mass is 35.5. The van der Waals surface area contributed by atoms with E-state index in [-0.39, 0.29) is 11.2 Å². The molecule has 0 bridgehead atoms. The average Bonchev–Trinajstić information content (AvgIpc) is 3.23. The maximum Gasteiger partial charge on any atom is 0.233 e. The molecule has 1 amide bonds. The van der Waals surface area contributed by atoms with Gasteiger partial charge in [-0.25, -0.2) is 4.98 Å². The van der Waals surface area contributed by atoms with Crippen LogP contribution in [0.1, 0.15) is 33.1 Å². The molecule has 1 unspecified atom stereocenters. The predicted octanol–water partition coefficient (Wildman–Crippen LogP) is 3.86. The summed E-state index contributed by atoms with van der Waals surface area (Å²) in [6, 6.07) is 6.15. The van der Waals surface area contributed by atoms with Gasteiger partial charge in [-0.1, -0.05) is 30.3 Å². The molecule has 0 radical (unpaired) electrons. The first kappa shape index (κ1) is 15.7. The zero-order chi connectivity index (χ0) is 15.7. The van der Waals surface area contributed by atoms with Gasteiger partial charge in [-0.15, -0.1) is 0 Å². The van der Waals surface area contributed by atoms with Gasteiger partial charge in [-0.05, 0) is 44.4 Å². The Kier molecular flexibility index (Phi) is 4.64. The van der Waals surface area contributed by atoms with Gasteiger partial charge >= 0.3 is 0 Å². The minimum atomic E-state index is -0.150. The summed E-state index contributed by atoms with van der Waals surface area (Å²) in [5.41, 5.74) is 1.96. The van der Waals surface area contributed by atoms with Crippen LogP contribution < -0.4 is 5.32 Å². The van der Waals surface area contributed by atoms with Crippen LogP contribution in [0.2, 0.25) is 5.02 Å². The number of aryl methyl sites for hydroxylation is 1. The van der Waals surface area contributed by atoms with Crippen molar-refractivity contribution in [2.75, 3.05) is 0 Å². The molecule has 2 aromatic rings. The lowest BCUT2D eigenvalue weighted by Gasteiger charge is -2.12. The van der Waals surface area contributed by atoms with E-state index in [1.165, 1.54) is 11.8 Å². The van der Waals surface area contributed by atoms with Gasteiger partial charge in [0.15, 0.2) is 5.16 Å². The van der Waals surface area contributed by atoms with Gasteiger partial charge in [0.25, 0.3) is 0 Å². The van der Waals surface area contributed by atoms with Crippen molar-refractivity contribution in [3.63, 3.8) is 0 Å². The number of nitrogens with one attached hydrogen (secondary N) is 1. The predicted molar refractivity (Wildman–Crippen MR) is 91.5 cm³/mol. The third kappa shape index (κ3) is 3.41.